The summed E-state index contributed by atoms with van der Waals surface area (Å²) in [5.74, 6) is -0.226. The van der Waals surface area contributed by atoms with Crippen LogP contribution in [0.4, 0.5) is 11.4 Å². The van der Waals surface area contributed by atoms with E-state index < -0.39 is 0 Å². The summed E-state index contributed by atoms with van der Waals surface area (Å²) in [5.41, 5.74) is 7.39. The summed E-state index contributed by atoms with van der Waals surface area (Å²) in [6.07, 6.45) is 2.84. The zero-order valence-electron chi connectivity index (χ0n) is 8.24. The van der Waals surface area contributed by atoms with Crippen LogP contribution in [0.15, 0.2) is 45.7 Å². The van der Waals surface area contributed by atoms with E-state index in [0.29, 0.717) is 16.9 Å². The first-order valence-corrected chi connectivity index (χ1v) is 5.34. The number of halogens is 1. The van der Waals surface area contributed by atoms with E-state index in [4.69, 9.17) is 10.2 Å². The minimum atomic E-state index is -0.226. The van der Waals surface area contributed by atoms with Crippen LogP contribution in [0.3, 0.4) is 0 Å². The Balaban J connectivity index is 2.15. The largest absolute Gasteiger partial charge is 0.472 e. The summed E-state index contributed by atoms with van der Waals surface area (Å²) in [7, 11) is 0. The molecular formula is C11H9BrN2O2. The van der Waals surface area contributed by atoms with Gasteiger partial charge >= 0.3 is 0 Å². The van der Waals surface area contributed by atoms with Crippen LogP contribution in [0.1, 0.15) is 10.4 Å². The molecule has 0 fully saturated rings. The molecule has 0 atom stereocenters. The van der Waals surface area contributed by atoms with Crippen molar-refractivity contribution >= 4 is 33.2 Å². The Bertz CT molecular complexity index is 509. The third-order valence-corrected chi connectivity index (χ3v) is 2.76. The van der Waals surface area contributed by atoms with Crippen LogP contribution in [0.25, 0.3) is 0 Å². The predicted molar refractivity (Wildman–Crippen MR) is 65.2 cm³/mol. The van der Waals surface area contributed by atoms with Crippen molar-refractivity contribution in [2.24, 2.45) is 0 Å². The van der Waals surface area contributed by atoms with Crippen LogP contribution in [0.2, 0.25) is 0 Å². The number of nitrogen functional groups attached to an aromatic ring is 1. The average molecular weight is 281 g/mol. The maximum Gasteiger partial charge on any atom is 0.258 e. The van der Waals surface area contributed by atoms with Crippen molar-refractivity contribution in [3.05, 3.63) is 46.8 Å². The second-order valence-electron chi connectivity index (χ2n) is 3.20. The monoisotopic (exact) mass is 280 g/mol. The van der Waals surface area contributed by atoms with Gasteiger partial charge in [0.1, 0.15) is 6.26 Å². The van der Waals surface area contributed by atoms with Crippen molar-refractivity contribution < 1.29 is 9.21 Å². The maximum atomic E-state index is 11.6. The van der Waals surface area contributed by atoms with Crippen molar-refractivity contribution in [1.82, 2.24) is 0 Å². The molecule has 0 spiro atoms. The Morgan fingerprint density at radius 1 is 1.38 bits per heavy atom. The molecule has 4 nitrogen and oxygen atoms in total. The lowest BCUT2D eigenvalue weighted by molar-refractivity contribution is 0.102. The Hall–Kier alpha value is -1.75. The summed E-state index contributed by atoms with van der Waals surface area (Å²) in [6, 6.07) is 6.82. The lowest BCUT2D eigenvalue weighted by Gasteiger charge is -2.05. The molecule has 1 heterocycles. The zero-order valence-corrected chi connectivity index (χ0v) is 9.82. The van der Waals surface area contributed by atoms with Gasteiger partial charge in [0.2, 0.25) is 0 Å². The molecule has 5 heteroatoms. The fourth-order valence-corrected chi connectivity index (χ4v) is 1.47. The van der Waals surface area contributed by atoms with Crippen LogP contribution < -0.4 is 11.1 Å². The summed E-state index contributed by atoms with van der Waals surface area (Å²) in [6.45, 7) is 0. The smallest absolute Gasteiger partial charge is 0.258 e. The van der Waals surface area contributed by atoms with Gasteiger partial charge < -0.3 is 15.5 Å². The number of carbonyl (C=O) groups excluding carboxylic acids is 1. The van der Waals surface area contributed by atoms with Crippen LogP contribution in [-0.2, 0) is 0 Å². The number of rotatable bonds is 2. The SMILES string of the molecule is Nc1cc(NC(=O)c2ccoc2)ccc1Br. The summed E-state index contributed by atoms with van der Waals surface area (Å²) in [5, 5.41) is 2.71. The molecule has 0 radical (unpaired) electrons. The highest BCUT2D eigenvalue weighted by atomic mass is 79.9. The number of anilines is 2. The number of benzene rings is 1. The van der Waals surface area contributed by atoms with Crippen LogP contribution in [-0.4, -0.2) is 5.91 Å². The maximum absolute atomic E-state index is 11.6. The fourth-order valence-electron chi connectivity index (χ4n) is 1.22. The Labute approximate surface area is 101 Å². The Morgan fingerprint density at radius 3 is 2.81 bits per heavy atom. The van der Waals surface area contributed by atoms with Gasteiger partial charge in [0, 0.05) is 15.8 Å². The van der Waals surface area contributed by atoms with E-state index in [1.165, 1.54) is 12.5 Å². The lowest BCUT2D eigenvalue weighted by atomic mass is 10.2. The van der Waals surface area contributed by atoms with E-state index in [1.807, 2.05) is 0 Å². The van der Waals surface area contributed by atoms with E-state index in [1.54, 1.807) is 24.3 Å². The molecular weight excluding hydrogens is 272 g/mol. The first-order valence-electron chi connectivity index (χ1n) is 4.55. The molecule has 2 rings (SSSR count). The van der Waals surface area contributed by atoms with E-state index >= 15 is 0 Å². The third-order valence-electron chi connectivity index (χ3n) is 2.04. The average Bonchev–Trinajstić information content (AvgIpc) is 2.77. The van der Waals surface area contributed by atoms with E-state index in [2.05, 4.69) is 21.2 Å². The molecule has 0 aliphatic rings. The highest BCUT2D eigenvalue weighted by Gasteiger charge is 2.07. The third kappa shape index (κ3) is 2.25. The Kier molecular flexibility index (Phi) is 2.96. The van der Waals surface area contributed by atoms with Crippen LogP contribution in [0.5, 0.6) is 0 Å². The molecule has 82 valence electrons. The number of nitrogens with two attached hydrogens (primary N) is 1. The standard InChI is InChI=1S/C11H9BrN2O2/c12-9-2-1-8(5-10(9)13)14-11(15)7-3-4-16-6-7/h1-6H,13H2,(H,14,15). The number of nitrogens with one attached hydrogen (secondary N) is 1. The van der Waals surface area contributed by atoms with Gasteiger partial charge in [-0.2, -0.15) is 0 Å². The first kappa shape index (κ1) is 10.8. The lowest BCUT2D eigenvalue weighted by Crippen LogP contribution is -2.10. The van der Waals surface area contributed by atoms with Gasteiger partial charge in [0.25, 0.3) is 5.91 Å². The first-order chi connectivity index (χ1) is 7.66. The topological polar surface area (TPSA) is 68.3 Å². The molecule has 3 N–H and O–H groups in total. The quantitative estimate of drug-likeness (QED) is 0.832. The minimum Gasteiger partial charge on any atom is -0.472 e. The number of furan rings is 1. The van der Waals surface area contributed by atoms with Gasteiger partial charge in [-0.05, 0) is 40.2 Å². The highest BCUT2D eigenvalue weighted by molar-refractivity contribution is 9.10. The summed E-state index contributed by atoms with van der Waals surface area (Å²) >= 11 is 3.28. The number of carbonyl (C=O) groups is 1. The molecule has 1 amide bonds. The van der Waals surface area contributed by atoms with E-state index in [-0.39, 0.29) is 5.91 Å². The second-order valence-corrected chi connectivity index (χ2v) is 4.06. The van der Waals surface area contributed by atoms with E-state index in [9.17, 15) is 4.79 Å². The van der Waals surface area contributed by atoms with Crippen molar-refractivity contribution in [3.8, 4) is 0 Å². The van der Waals surface area contributed by atoms with Crippen LogP contribution in [0, 0.1) is 0 Å². The normalized spacial score (nSPS) is 10.1. The molecule has 16 heavy (non-hydrogen) atoms. The fraction of sp³-hybridized carbons (Fsp3) is 0. The van der Waals surface area contributed by atoms with Gasteiger partial charge in [0.05, 0.1) is 11.8 Å². The predicted octanol–water partition coefficient (Wildman–Crippen LogP) is 2.88. The molecule has 0 unspecified atom stereocenters. The van der Waals surface area contributed by atoms with Gasteiger partial charge in [-0.15, -0.1) is 0 Å². The molecule has 0 saturated carbocycles. The number of hydrogen-bond acceptors (Lipinski definition) is 3. The number of amides is 1. The second kappa shape index (κ2) is 4.40. The molecule has 0 aliphatic carbocycles. The van der Waals surface area contributed by atoms with Gasteiger partial charge in [0.15, 0.2) is 0 Å². The van der Waals surface area contributed by atoms with E-state index in [0.717, 1.165) is 4.47 Å². The van der Waals surface area contributed by atoms with Gasteiger partial charge in [-0.25, -0.2) is 0 Å². The highest BCUT2D eigenvalue weighted by Crippen LogP contribution is 2.23. The van der Waals surface area contributed by atoms with Crippen molar-refractivity contribution in [2.75, 3.05) is 11.1 Å². The zero-order chi connectivity index (χ0) is 11.5. The van der Waals surface area contributed by atoms with Crippen LogP contribution >= 0.6 is 15.9 Å². The van der Waals surface area contributed by atoms with Crippen molar-refractivity contribution in [2.45, 2.75) is 0 Å². The van der Waals surface area contributed by atoms with Crippen molar-refractivity contribution in [3.63, 3.8) is 0 Å². The molecule has 0 saturated heterocycles. The molecule has 0 aliphatic heterocycles. The Morgan fingerprint density at radius 2 is 2.19 bits per heavy atom. The van der Waals surface area contributed by atoms with Crippen molar-refractivity contribution in [1.29, 1.82) is 0 Å². The van der Waals surface area contributed by atoms with Gasteiger partial charge in [-0.3, -0.25) is 4.79 Å². The molecule has 2 aromatic rings. The number of hydrogen-bond donors (Lipinski definition) is 2. The molecule has 0 bridgehead atoms. The molecule has 1 aromatic carbocycles. The molecule has 1 aromatic heterocycles. The summed E-state index contributed by atoms with van der Waals surface area (Å²) < 4.78 is 5.62. The van der Waals surface area contributed by atoms with Gasteiger partial charge in [-0.1, -0.05) is 0 Å². The summed E-state index contributed by atoms with van der Waals surface area (Å²) in [4.78, 5) is 11.6. The minimum absolute atomic E-state index is 0.226.